The average Bonchev–Trinajstić information content (AvgIpc) is 2.68. The molecule has 1 N–H and O–H groups in total. The number of rotatable bonds is 4. The standard InChI is InChI=1S/C17H29NO2Si/c1-17(2,3)21(4,5)20-16-11-15(19)13-18(16)12-14-9-7-6-8-10-14/h6-10,15-16,19H,11-13H2,1-5H3/t15-,16-/m0/s1. The molecule has 0 unspecified atom stereocenters. The largest absolute Gasteiger partial charge is 0.401 e. The molecule has 1 aliphatic rings. The smallest absolute Gasteiger partial charge is 0.194 e. The van der Waals surface area contributed by atoms with E-state index < -0.39 is 8.32 Å². The number of benzene rings is 1. The predicted molar refractivity (Wildman–Crippen MR) is 89.5 cm³/mol. The van der Waals surface area contributed by atoms with Crippen LogP contribution in [-0.2, 0) is 11.0 Å². The van der Waals surface area contributed by atoms with Crippen molar-refractivity contribution in [3.8, 4) is 0 Å². The van der Waals surface area contributed by atoms with E-state index in [2.05, 4.69) is 63.0 Å². The molecule has 0 aliphatic carbocycles. The van der Waals surface area contributed by atoms with Crippen LogP contribution in [0.4, 0.5) is 0 Å². The van der Waals surface area contributed by atoms with Gasteiger partial charge in [-0.15, -0.1) is 0 Å². The molecule has 118 valence electrons. The van der Waals surface area contributed by atoms with Crippen LogP contribution < -0.4 is 0 Å². The first-order valence-electron chi connectivity index (χ1n) is 7.83. The van der Waals surface area contributed by atoms with E-state index in [1.807, 2.05) is 6.07 Å². The van der Waals surface area contributed by atoms with Gasteiger partial charge in [-0.05, 0) is 23.7 Å². The van der Waals surface area contributed by atoms with Gasteiger partial charge in [-0.2, -0.15) is 0 Å². The molecule has 2 atom stereocenters. The molecule has 4 heteroatoms. The summed E-state index contributed by atoms with van der Waals surface area (Å²) in [6.45, 7) is 12.9. The number of β-amino-alcohol motifs (C(OH)–C–C–N with tert-alkyl or cyclic N) is 1. The highest BCUT2D eigenvalue weighted by molar-refractivity contribution is 6.74. The Morgan fingerprint density at radius 3 is 2.43 bits per heavy atom. The molecule has 1 fully saturated rings. The second-order valence-electron chi connectivity index (χ2n) is 7.64. The van der Waals surface area contributed by atoms with Crippen molar-refractivity contribution in [2.24, 2.45) is 0 Å². The van der Waals surface area contributed by atoms with E-state index in [0.29, 0.717) is 6.54 Å². The molecule has 2 rings (SSSR count). The minimum Gasteiger partial charge on any atom is -0.401 e. The second-order valence-corrected chi connectivity index (χ2v) is 12.4. The monoisotopic (exact) mass is 307 g/mol. The topological polar surface area (TPSA) is 32.7 Å². The molecule has 1 aromatic carbocycles. The summed E-state index contributed by atoms with van der Waals surface area (Å²) in [6.07, 6.45) is 0.490. The van der Waals surface area contributed by atoms with Gasteiger partial charge in [0.05, 0.1) is 6.10 Å². The number of aliphatic hydroxyl groups is 1. The normalized spacial score (nSPS) is 24.5. The number of hydrogen-bond donors (Lipinski definition) is 1. The lowest BCUT2D eigenvalue weighted by Gasteiger charge is -2.40. The summed E-state index contributed by atoms with van der Waals surface area (Å²) in [5, 5.41) is 10.2. The highest BCUT2D eigenvalue weighted by atomic mass is 28.4. The summed E-state index contributed by atoms with van der Waals surface area (Å²) in [5.41, 5.74) is 1.27. The zero-order chi connectivity index (χ0) is 15.7. The fourth-order valence-electron chi connectivity index (χ4n) is 2.47. The molecule has 21 heavy (non-hydrogen) atoms. The summed E-state index contributed by atoms with van der Waals surface area (Å²) in [4.78, 5) is 2.28. The first kappa shape index (κ1) is 16.7. The quantitative estimate of drug-likeness (QED) is 0.863. The molecule has 0 radical (unpaired) electrons. The van der Waals surface area contributed by atoms with Gasteiger partial charge in [0.15, 0.2) is 8.32 Å². The van der Waals surface area contributed by atoms with Gasteiger partial charge in [0.1, 0.15) is 6.23 Å². The molecule has 1 aromatic rings. The van der Waals surface area contributed by atoms with Crippen molar-refractivity contribution >= 4 is 8.32 Å². The van der Waals surface area contributed by atoms with Crippen LogP contribution in [0.15, 0.2) is 30.3 Å². The van der Waals surface area contributed by atoms with Crippen molar-refractivity contribution < 1.29 is 9.53 Å². The maximum atomic E-state index is 10.0. The summed E-state index contributed by atoms with van der Waals surface area (Å²) in [7, 11) is -1.81. The summed E-state index contributed by atoms with van der Waals surface area (Å²) in [5.74, 6) is 0. The van der Waals surface area contributed by atoms with Crippen molar-refractivity contribution in [3.05, 3.63) is 35.9 Å². The predicted octanol–water partition coefficient (Wildman–Crippen LogP) is 3.60. The molecule has 0 aromatic heterocycles. The van der Waals surface area contributed by atoms with E-state index in [1.165, 1.54) is 5.56 Å². The lowest BCUT2D eigenvalue weighted by molar-refractivity contribution is 0.0427. The molecular weight excluding hydrogens is 278 g/mol. The summed E-state index contributed by atoms with van der Waals surface area (Å²) < 4.78 is 6.52. The van der Waals surface area contributed by atoms with Gasteiger partial charge in [-0.25, -0.2) is 0 Å². The maximum Gasteiger partial charge on any atom is 0.194 e. The van der Waals surface area contributed by atoms with Crippen molar-refractivity contribution in [2.45, 2.75) is 64.2 Å². The lowest BCUT2D eigenvalue weighted by Crippen LogP contribution is -2.47. The van der Waals surface area contributed by atoms with Crippen LogP contribution in [0.2, 0.25) is 18.1 Å². The van der Waals surface area contributed by atoms with E-state index >= 15 is 0 Å². The Kier molecular flexibility index (Phi) is 4.93. The van der Waals surface area contributed by atoms with Gasteiger partial charge < -0.3 is 9.53 Å². The van der Waals surface area contributed by atoms with E-state index in [4.69, 9.17) is 4.43 Å². The molecule has 0 spiro atoms. The zero-order valence-corrected chi connectivity index (χ0v) is 15.0. The van der Waals surface area contributed by atoms with Gasteiger partial charge in [0, 0.05) is 19.5 Å². The van der Waals surface area contributed by atoms with Crippen molar-refractivity contribution in [1.29, 1.82) is 0 Å². The molecule has 1 aliphatic heterocycles. The number of nitrogens with zero attached hydrogens (tertiary/aromatic N) is 1. The Bertz CT molecular complexity index is 456. The minimum absolute atomic E-state index is 0.0427. The third-order valence-electron chi connectivity index (χ3n) is 4.79. The first-order chi connectivity index (χ1) is 9.69. The molecule has 1 heterocycles. The average molecular weight is 308 g/mol. The van der Waals surface area contributed by atoms with Gasteiger partial charge in [-0.3, -0.25) is 4.90 Å². The number of hydrogen-bond acceptors (Lipinski definition) is 3. The van der Waals surface area contributed by atoms with Crippen LogP contribution in [0.3, 0.4) is 0 Å². The Hall–Kier alpha value is -0.683. The molecule has 0 saturated carbocycles. The van der Waals surface area contributed by atoms with Gasteiger partial charge in [-0.1, -0.05) is 51.1 Å². The third kappa shape index (κ3) is 4.16. The fraction of sp³-hybridized carbons (Fsp3) is 0.647. The third-order valence-corrected chi connectivity index (χ3v) is 9.27. The van der Waals surface area contributed by atoms with Crippen LogP contribution >= 0.6 is 0 Å². The lowest BCUT2D eigenvalue weighted by atomic mass is 10.2. The molecule has 0 amide bonds. The first-order valence-corrected chi connectivity index (χ1v) is 10.7. The SMILES string of the molecule is CC(C)(C)[Si](C)(C)O[C@H]1C[C@H](O)CN1Cc1ccccc1. The fourth-order valence-corrected chi connectivity index (χ4v) is 3.75. The van der Waals surface area contributed by atoms with E-state index in [9.17, 15) is 5.11 Å². The van der Waals surface area contributed by atoms with Crippen molar-refractivity contribution in [2.75, 3.05) is 6.54 Å². The Morgan fingerprint density at radius 1 is 1.24 bits per heavy atom. The van der Waals surface area contributed by atoms with Crippen LogP contribution in [0.25, 0.3) is 0 Å². The Labute approximate surface area is 130 Å². The van der Waals surface area contributed by atoms with Crippen LogP contribution in [-0.4, -0.2) is 37.2 Å². The molecule has 3 nitrogen and oxygen atoms in total. The molecule has 0 bridgehead atoms. The van der Waals surface area contributed by atoms with E-state index in [1.54, 1.807) is 0 Å². The molecular formula is C17H29NO2Si. The van der Waals surface area contributed by atoms with Crippen molar-refractivity contribution in [3.63, 3.8) is 0 Å². The van der Waals surface area contributed by atoms with Crippen LogP contribution in [0.1, 0.15) is 32.8 Å². The number of aliphatic hydroxyl groups excluding tert-OH is 1. The van der Waals surface area contributed by atoms with Gasteiger partial charge in [0.2, 0.25) is 0 Å². The highest BCUT2D eigenvalue weighted by Crippen LogP contribution is 2.39. The number of likely N-dealkylation sites (tertiary alicyclic amines) is 1. The van der Waals surface area contributed by atoms with Gasteiger partial charge >= 0.3 is 0 Å². The summed E-state index contributed by atoms with van der Waals surface area (Å²) in [6, 6.07) is 10.4. The Balaban J connectivity index is 2.07. The van der Waals surface area contributed by atoms with Crippen molar-refractivity contribution in [1.82, 2.24) is 4.90 Å². The highest BCUT2D eigenvalue weighted by Gasteiger charge is 2.42. The molecule has 1 saturated heterocycles. The van der Waals surface area contributed by atoms with Crippen LogP contribution in [0.5, 0.6) is 0 Å². The maximum absolute atomic E-state index is 10.0. The second kappa shape index (κ2) is 6.21. The van der Waals surface area contributed by atoms with Crippen LogP contribution in [0, 0.1) is 0 Å². The minimum atomic E-state index is -1.81. The summed E-state index contributed by atoms with van der Waals surface area (Å²) >= 11 is 0. The van der Waals surface area contributed by atoms with E-state index in [0.717, 1.165) is 13.0 Å². The zero-order valence-electron chi connectivity index (χ0n) is 14.0. The van der Waals surface area contributed by atoms with E-state index in [-0.39, 0.29) is 17.4 Å². The Morgan fingerprint density at radius 2 is 1.86 bits per heavy atom. The van der Waals surface area contributed by atoms with Gasteiger partial charge in [0.25, 0.3) is 0 Å².